The second-order valence-electron chi connectivity index (χ2n) is 6.18. The minimum absolute atomic E-state index is 0.0266. The third kappa shape index (κ3) is 3.97. The number of amides is 2. The van der Waals surface area contributed by atoms with Gasteiger partial charge < -0.3 is 25.2 Å². The molecule has 2 amide bonds. The first-order chi connectivity index (χ1) is 11.7. The molecule has 0 unspecified atom stereocenters. The summed E-state index contributed by atoms with van der Waals surface area (Å²) in [6, 6.07) is 5.69. The van der Waals surface area contributed by atoms with Gasteiger partial charge in [0, 0.05) is 18.5 Å². The maximum atomic E-state index is 12.3. The molecule has 1 aliphatic heterocycles. The van der Waals surface area contributed by atoms with Crippen molar-refractivity contribution in [2.45, 2.75) is 38.3 Å². The number of rotatable bonds is 5. The van der Waals surface area contributed by atoms with Crippen LogP contribution in [0.2, 0.25) is 0 Å². The fraction of sp³-hybridized carbons (Fsp3) is 0.529. The van der Waals surface area contributed by atoms with E-state index in [0.717, 1.165) is 37.0 Å². The molecule has 3 N–H and O–H groups in total. The molecule has 0 saturated heterocycles. The number of benzene rings is 1. The monoisotopic (exact) mass is 334 g/mol. The Bertz CT molecular complexity index is 611. The van der Waals surface area contributed by atoms with Crippen LogP contribution in [0.15, 0.2) is 18.2 Å². The zero-order valence-electron chi connectivity index (χ0n) is 13.4. The summed E-state index contributed by atoms with van der Waals surface area (Å²) in [6.07, 6.45) is 2.99. The van der Waals surface area contributed by atoms with Crippen LogP contribution in [-0.4, -0.2) is 36.4 Å². The lowest BCUT2D eigenvalue weighted by atomic mass is 9.85. The Balaban J connectivity index is 1.44. The molecular weight excluding hydrogens is 312 g/mol. The van der Waals surface area contributed by atoms with Gasteiger partial charge in [-0.05, 0) is 43.4 Å². The van der Waals surface area contributed by atoms with E-state index in [1.165, 1.54) is 0 Å². The standard InChI is InChI=1S/C17H22N2O5/c20-9-16(21)19-13-4-2-12(3-5-13)17(22)18-8-11-1-6-14-15(7-11)24-10-23-14/h1,6-7,12-13,20H,2-5,8-10H2,(H,18,22)(H,19,21). The second-order valence-corrected chi connectivity index (χ2v) is 6.18. The Hall–Kier alpha value is -2.28. The molecule has 7 nitrogen and oxygen atoms in total. The second kappa shape index (κ2) is 7.53. The molecule has 1 aromatic rings. The van der Waals surface area contributed by atoms with E-state index in [-0.39, 0.29) is 30.6 Å². The van der Waals surface area contributed by atoms with Gasteiger partial charge in [0.2, 0.25) is 18.6 Å². The van der Waals surface area contributed by atoms with Crippen molar-refractivity contribution in [3.05, 3.63) is 23.8 Å². The number of aliphatic hydroxyl groups excluding tert-OH is 1. The van der Waals surface area contributed by atoms with Crippen LogP contribution in [0.5, 0.6) is 11.5 Å². The van der Waals surface area contributed by atoms with E-state index in [2.05, 4.69) is 10.6 Å². The lowest BCUT2D eigenvalue weighted by molar-refractivity contribution is -0.126. The largest absolute Gasteiger partial charge is 0.454 e. The first kappa shape index (κ1) is 16.6. The van der Waals surface area contributed by atoms with E-state index in [0.29, 0.717) is 12.3 Å². The van der Waals surface area contributed by atoms with Gasteiger partial charge in [-0.3, -0.25) is 9.59 Å². The normalized spacial score (nSPS) is 22.0. The van der Waals surface area contributed by atoms with Gasteiger partial charge in [-0.2, -0.15) is 0 Å². The minimum Gasteiger partial charge on any atom is -0.454 e. The molecule has 1 aliphatic carbocycles. The predicted octanol–water partition coefficient (Wildman–Crippen LogP) is 0.699. The number of fused-ring (bicyclic) bond motifs is 1. The average Bonchev–Trinajstić information content (AvgIpc) is 3.08. The quantitative estimate of drug-likeness (QED) is 0.736. The van der Waals surface area contributed by atoms with Crippen molar-refractivity contribution in [1.29, 1.82) is 0 Å². The maximum absolute atomic E-state index is 12.3. The molecule has 24 heavy (non-hydrogen) atoms. The van der Waals surface area contributed by atoms with Gasteiger partial charge in [0.1, 0.15) is 6.61 Å². The summed E-state index contributed by atoms with van der Waals surface area (Å²) in [5, 5.41) is 14.5. The summed E-state index contributed by atoms with van der Waals surface area (Å²) in [4.78, 5) is 23.5. The van der Waals surface area contributed by atoms with Crippen LogP contribution in [-0.2, 0) is 16.1 Å². The minimum atomic E-state index is -0.490. The van der Waals surface area contributed by atoms with E-state index in [1.807, 2.05) is 18.2 Å². The molecule has 0 aromatic heterocycles. The van der Waals surface area contributed by atoms with Gasteiger partial charge in [-0.25, -0.2) is 0 Å². The van der Waals surface area contributed by atoms with E-state index in [4.69, 9.17) is 14.6 Å². The van der Waals surface area contributed by atoms with Crippen molar-refractivity contribution in [3.8, 4) is 11.5 Å². The molecule has 0 radical (unpaired) electrons. The van der Waals surface area contributed by atoms with E-state index >= 15 is 0 Å². The van der Waals surface area contributed by atoms with Gasteiger partial charge in [-0.15, -0.1) is 0 Å². The van der Waals surface area contributed by atoms with Crippen molar-refractivity contribution >= 4 is 11.8 Å². The summed E-state index contributed by atoms with van der Waals surface area (Å²) in [6.45, 7) is 0.202. The van der Waals surface area contributed by atoms with Gasteiger partial charge >= 0.3 is 0 Å². The lowest BCUT2D eigenvalue weighted by Crippen LogP contribution is -2.41. The van der Waals surface area contributed by atoms with Crippen LogP contribution in [0.1, 0.15) is 31.2 Å². The third-order valence-corrected chi connectivity index (χ3v) is 4.51. The topological polar surface area (TPSA) is 96.9 Å². The highest BCUT2D eigenvalue weighted by Crippen LogP contribution is 2.32. The molecule has 130 valence electrons. The zero-order chi connectivity index (χ0) is 16.9. The Morgan fingerprint density at radius 3 is 2.62 bits per heavy atom. The van der Waals surface area contributed by atoms with Gasteiger partial charge in [0.05, 0.1) is 0 Å². The molecule has 0 bridgehead atoms. The van der Waals surface area contributed by atoms with Gasteiger partial charge in [0.25, 0.3) is 0 Å². The van der Waals surface area contributed by atoms with Gasteiger partial charge in [0.15, 0.2) is 11.5 Å². The highest BCUT2D eigenvalue weighted by Gasteiger charge is 2.26. The van der Waals surface area contributed by atoms with Crippen molar-refractivity contribution in [3.63, 3.8) is 0 Å². The molecule has 1 heterocycles. The van der Waals surface area contributed by atoms with Gasteiger partial charge in [-0.1, -0.05) is 6.07 Å². The van der Waals surface area contributed by atoms with Crippen LogP contribution < -0.4 is 20.1 Å². The number of carbonyl (C=O) groups is 2. The maximum Gasteiger partial charge on any atom is 0.245 e. The molecular formula is C17H22N2O5. The molecule has 0 atom stereocenters. The van der Waals surface area contributed by atoms with E-state index in [1.54, 1.807) is 0 Å². The fourth-order valence-electron chi connectivity index (χ4n) is 3.16. The van der Waals surface area contributed by atoms with Crippen LogP contribution in [0, 0.1) is 5.92 Å². The number of nitrogens with one attached hydrogen (secondary N) is 2. The number of hydrogen-bond donors (Lipinski definition) is 3. The van der Waals surface area contributed by atoms with Crippen molar-refractivity contribution in [2.24, 2.45) is 5.92 Å². The highest BCUT2D eigenvalue weighted by molar-refractivity contribution is 5.79. The summed E-state index contributed by atoms with van der Waals surface area (Å²) in [5.74, 6) is 1.10. The smallest absolute Gasteiger partial charge is 0.245 e. The Labute approximate surface area is 140 Å². The zero-order valence-corrected chi connectivity index (χ0v) is 13.4. The summed E-state index contributed by atoms with van der Waals surface area (Å²) < 4.78 is 10.6. The van der Waals surface area contributed by atoms with Crippen LogP contribution in [0.25, 0.3) is 0 Å². The fourth-order valence-corrected chi connectivity index (χ4v) is 3.16. The number of ether oxygens (including phenoxy) is 2. The van der Waals surface area contributed by atoms with Crippen LogP contribution in [0.4, 0.5) is 0 Å². The molecule has 2 aliphatic rings. The SMILES string of the molecule is O=C(CO)NC1CCC(C(=O)NCc2ccc3c(c2)OCO3)CC1. The molecule has 1 aromatic carbocycles. The first-order valence-electron chi connectivity index (χ1n) is 8.22. The number of hydrogen-bond acceptors (Lipinski definition) is 5. The number of aliphatic hydroxyl groups is 1. The van der Waals surface area contributed by atoms with Crippen molar-refractivity contribution in [1.82, 2.24) is 10.6 Å². The average molecular weight is 334 g/mol. The molecule has 0 spiro atoms. The summed E-state index contributed by atoms with van der Waals surface area (Å²) >= 11 is 0. The Morgan fingerprint density at radius 1 is 1.12 bits per heavy atom. The first-order valence-corrected chi connectivity index (χ1v) is 8.22. The molecule has 1 saturated carbocycles. The van der Waals surface area contributed by atoms with Crippen LogP contribution >= 0.6 is 0 Å². The summed E-state index contributed by atoms with van der Waals surface area (Å²) in [7, 11) is 0. The molecule has 3 rings (SSSR count). The van der Waals surface area contributed by atoms with E-state index < -0.39 is 6.61 Å². The Morgan fingerprint density at radius 2 is 1.88 bits per heavy atom. The molecule has 1 fully saturated rings. The number of carbonyl (C=O) groups excluding carboxylic acids is 2. The predicted molar refractivity (Wildman–Crippen MR) is 85.4 cm³/mol. The highest BCUT2D eigenvalue weighted by atomic mass is 16.7. The van der Waals surface area contributed by atoms with Crippen LogP contribution in [0.3, 0.4) is 0 Å². The third-order valence-electron chi connectivity index (χ3n) is 4.51. The van der Waals surface area contributed by atoms with Crippen molar-refractivity contribution < 1.29 is 24.2 Å². The lowest BCUT2D eigenvalue weighted by Gasteiger charge is -2.28. The summed E-state index contributed by atoms with van der Waals surface area (Å²) in [5.41, 5.74) is 0.969. The molecule has 7 heteroatoms. The van der Waals surface area contributed by atoms with E-state index in [9.17, 15) is 9.59 Å². The Kier molecular flexibility index (Phi) is 5.20. The van der Waals surface area contributed by atoms with Crippen molar-refractivity contribution in [2.75, 3.05) is 13.4 Å².